The average Bonchev–Trinajstić information content (AvgIpc) is 3.49. The number of anilines is 1. The molecule has 0 bridgehead atoms. The Labute approximate surface area is 195 Å². The number of rotatable bonds is 7. The molecule has 2 aromatic carbocycles. The molecule has 2 amide bonds. The predicted molar refractivity (Wildman–Crippen MR) is 127 cm³/mol. The van der Waals surface area contributed by atoms with Crippen molar-refractivity contribution in [3.63, 3.8) is 0 Å². The van der Waals surface area contributed by atoms with E-state index in [-0.39, 0.29) is 23.3 Å². The van der Waals surface area contributed by atoms with E-state index in [1.165, 1.54) is 6.07 Å². The predicted octanol–water partition coefficient (Wildman–Crippen LogP) is 3.02. The van der Waals surface area contributed by atoms with E-state index in [1.54, 1.807) is 17.0 Å². The van der Waals surface area contributed by atoms with Crippen molar-refractivity contribution in [1.82, 2.24) is 4.31 Å². The first kappa shape index (κ1) is 23.4. The maximum atomic E-state index is 13.8. The van der Waals surface area contributed by atoms with Gasteiger partial charge in [-0.1, -0.05) is 50.1 Å². The normalized spacial score (nSPS) is 17.1. The molecule has 1 heterocycles. The summed E-state index contributed by atoms with van der Waals surface area (Å²) in [6, 6.07) is 12.9. The van der Waals surface area contributed by atoms with E-state index in [0.29, 0.717) is 32.2 Å². The van der Waals surface area contributed by atoms with Gasteiger partial charge in [-0.25, -0.2) is 12.7 Å². The third kappa shape index (κ3) is 4.68. The fourth-order valence-electron chi connectivity index (χ4n) is 4.85. The minimum Gasteiger partial charge on any atom is -0.320 e. The molecular weight excluding hydrogens is 438 g/mol. The van der Waals surface area contributed by atoms with E-state index >= 15 is 0 Å². The highest BCUT2D eigenvalue weighted by Gasteiger charge is 2.40. The molecule has 1 saturated carbocycles. The van der Waals surface area contributed by atoms with Gasteiger partial charge < -0.3 is 10.6 Å². The molecule has 1 aliphatic carbocycles. The lowest BCUT2D eigenvalue weighted by Crippen LogP contribution is -2.51. The maximum absolute atomic E-state index is 13.8. The van der Waals surface area contributed by atoms with Gasteiger partial charge in [-0.15, -0.1) is 0 Å². The molecular formula is C25H31N3O4S. The molecule has 0 saturated heterocycles. The first-order valence-electron chi connectivity index (χ1n) is 11.6. The van der Waals surface area contributed by atoms with Crippen molar-refractivity contribution in [2.75, 3.05) is 11.4 Å². The molecule has 0 radical (unpaired) electrons. The van der Waals surface area contributed by atoms with Crippen LogP contribution in [0, 0.1) is 0 Å². The zero-order valence-electron chi connectivity index (χ0n) is 18.9. The Balaban J connectivity index is 1.64. The highest BCUT2D eigenvalue weighted by atomic mass is 32.2. The summed E-state index contributed by atoms with van der Waals surface area (Å²) in [6.45, 7) is 2.35. The number of carbonyl (C=O) groups excluding carboxylic acids is 2. The molecule has 2 aromatic rings. The van der Waals surface area contributed by atoms with Crippen LogP contribution in [0.5, 0.6) is 0 Å². The minimum absolute atomic E-state index is 0.0130. The summed E-state index contributed by atoms with van der Waals surface area (Å²) in [5.74, 6) is -0.548. The maximum Gasteiger partial charge on any atom is 0.266 e. The van der Waals surface area contributed by atoms with E-state index < -0.39 is 22.0 Å². The van der Waals surface area contributed by atoms with Gasteiger partial charge in [-0.3, -0.25) is 9.59 Å². The van der Waals surface area contributed by atoms with E-state index in [2.05, 4.69) is 0 Å². The second-order valence-corrected chi connectivity index (χ2v) is 10.6. The Kier molecular flexibility index (Phi) is 6.86. The second-order valence-electron chi connectivity index (χ2n) is 8.81. The second kappa shape index (κ2) is 9.65. The van der Waals surface area contributed by atoms with Crippen LogP contribution in [0.4, 0.5) is 5.69 Å². The molecule has 4 rings (SSSR count). The van der Waals surface area contributed by atoms with Gasteiger partial charge in [0.15, 0.2) is 0 Å². The summed E-state index contributed by atoms with van der Waals surface area (Å²) >= 11 is 0. The lowest BCUT2D eigenvalue weighted by molar-refractivity contribution is -0.129. The first-order chi connectivity index (χ1) is 15.8. The van der Waals surface area contributed by atoms with Crippen molar-refractivity contribution in [2.45, 2.75) is 68.8 Å². The number of benzene rings is 2. The van der Waals surface area contributed by atoms with Crippen molar-refractivity contribution in [3.8, 4) is 0 Å². The summed E-state index contributed by atoms with van der Waals surface area (Å²) in [6.07, 6.45) is 4.32. The number of nitrogens with zero attached hydrogens (tertiary/aromatic N) is 2. The minimum atomic E-state index is -4.09. The van der Waals surface area contributed by atoms with Crippen LogP contribution in [-0.2, 0) is 32.5 Å². The lowest BCUT2D eigenvalue weighted by atomic mass is 10.1. The first-order valence-corrected chi connectivity index (χ1v) is 13.1. The Morgan fingerprint density at radius 2 is 1.82 bits per heavy atom. The Morgan fingerprint density at radius 3 is 2.48 bits per heavy atom. The van der Waals surface area contributed by atoms with E-state index in [4.69, 9.17) is 5.73 Å². The van der Waals surface area contributed by atoms with Gasteiger partial charge in [0.25, 0.3) is 15.9 Å². The van der Waals surface area contributed by atoms with Gasteiger partial charge in [0, 0.05) is 24.7 Å². The Morgan fingerprint density at radius 1 is 1.12 bits per heavy atom. The van der Waals surface area contributed by atoms with E-state index in [9.17, 15) is 18.0 Å². The summed E-state index contributed by atoms with van der Waals surface area (Å²) in [5, 5.41) is 0. The fourth-order valence-corrected chi connectivity index (χ4v) is 6.59. The molecule has 2 aliphatic rings. The largest absolute Gasteiger partial charge is 0.320 e. The molecule has 8 heteroatoms. The highest BCUT2D eigenvalue weighted by molar-refractivity contribution is 7.89. The fraction of sp³-hybridized carbons (Fsp3) is 0.440. The molecule has 0 aromatic heterocycles. The van der Waals surface area contributed by atoms with Crippen LogP contribution in [-0.4, -0.2) is 43.2 Å². The van der Waals surface area contributed by atoms with Gasteiger partial charge in [-0.05, 0) is 55.0 Å². The number of hydrogen-bond acceptors (Lipinski definition) is 5. The molecule has 2 N–H and O–H groups in total. The van der Waals surface area contributed by atoms with Gasteiger partial charge >= 0.3 is 0 Å². The summed E-state index contributed by atoms with van der Waals surface area (Å²) in [4.78, 5) is 27.4. The van der Waals surface area contributed by atoms with Gasteiger partial charge in [-0.2, -0.15) is 0 Å². The van der Waals surface area contributed by atoms with Crippen molar-refractivity contribution in [1.29, 1.82) is 0 Å². The monoisotopic (exact) mass is 469 g/mol. The summed E-state index contributed by atoms with van der Waals surface area (Å²) in [5.41, 5.74) is 8.70. The topological polar surface area (TPSA) is 101 Å². The van der Waals surface area contributed by atoms with Gasteiger partial charge in [0.2, 0.25) is 5.91 Å². The molecule has 7 nitrogen and oxygen atoms in total. The molecule has 1 aliphatic heterocycles. The lowest BCUT2D eigenvalue weighted by Gasteiger charge is -2.30. The van der Waals surface area contributed by atoms with Crippen LogP contribution in [0.15, 0.2) is 53.4 Å². The van der Waals surface area contributed by atoms with Crippen LogP contribution in [0.2, 0.25) is 0 Å². The average molecular weight is 470 g/mol. The SMILES string of the molecule is CCC(=O)N1CCc2cc(S(=O)(=O)N(C(=O)C(N)Cc3ccccc3)C3CCCC3)ccc21. The Bertz CT molecular complexity index is 1130. The van der Waals surface area contributed by atoms with Crippen molar-refractivity contribution in [2.24, 2.45) is 5.73 Å². The smallest absolute Gasteiger partial charge is 0.266 e. The summed E-state index contributed by atoms with van der Waals surface area (Å²) < 4.78 is 28.6. The third-order valence-corrected chi connectivity index (χ3v) is 8.44. The van der Waals surface area contributed by atoms with E-state index in [0.717, 1.165) is 34.0 Å². The molecule has 0 spiro atoms. The van der Waals surface area contributed by atoms with Crippen LogP contribution >= 0.6 is 0 Å². The van der Waals surface area contributed by atoms with Gasteiger partial charge in [0.05, 0.1) is 10.9 Å². The number of sulfonamides is 1. The highest BCUT2D eigenvalue weighted by Crippen LogP contribution is 2.34. The number of amides is 2. The zero-order valence-corrected chi connectivity index (χ0v) is 19.8. The van der Waals surface area contributed by atoms with Crippen molar-refractivity contribution in [3.05, 3.63) is 59.7 Å². The number of nitrogens with two attached hydrogens (primary N) is 1. The quantitative estimate of drug-likeness (QED) is 0.672. The van der Waals surface area contributed by atoms with Crippen LogP contribution in [0.1, 0.15) is 50.2 Å². The van der Waals surface area contributed by atoms with E-state index in [1.807, 2.05) is 37.3 Å². The number of hydrogen-bond donors (Lipinski definition) is 1. The molecule has 1 unspecified atom stereocenters. The Hall–Kier alpha value is -2.71. The number of carbonyl (C=O) groups is 2. The molecule has 176 valence electrons. The zero-order chi connectivity index (χ0) is 23.6. The summed E-state index contributed by atoms with van der Waals surface area (Å²) in [7, 11) is -4.09. The molecule has 33 heavy (non-hydrogen) atoms. The van der Waals surface area contributed by atoms with Crippen molar-refractivity contribution < 1.29 is 18.0 Å². The van der Waals surface area contributed by atoms with Crippen LogP contribution in [0.3, 0.4) is 0 Å². The molecule has 1 fully saturated rings. The molecule has 1 atom stereocenters. The van der Waals surface area contributed by atoms with Crippen LogP contribution in [0.25, 0.3) is 0 Å². The van der Waals surface area contributed by atoms with Crippen molar-refractivity contribution >= 4 is 27.5 Å². The standard InChI is InChI=1S/C25H31N3O4S/c1-2-24(29)27-15-14-19-17-21(12-13-23(19)27)33(31,32)28(20-10-6-7-11-20)25(30)22(26)16-18-8-4-3-5-9-18/h3-5,8-9,12-13,17,20,22H,2,6-7,10-11,14-16,26H2,1H3. The van der Waals surface area contributed by atoms with Gasteiger partial charge in [0.1, 0.15) is 0 Å². The number of fused-ring (bicyclic) bond motifs is 1. The van der Waals surface area contributed by atoms with Crippen LogP contribution < -0.4 is 10.6 Å². The third-order valence-electron chi connectivity index (χ3n) is 6.60.